The molecule has 0 aliphatic heterocycles. The second kappa shape index (κ2) is 4.50. The third-order valence-corrected chi connectivity index (χ3v) is 2.89. The van der Waals surface area contributed by atoms with Crippen LogP contribution in [0.25, 0.3) is 11.1 Å². The molecule has 2 rings (SSSR count). The van der Waals surface area contributed by atoms with Crippen LogP contribution in [0.4, 0.5) is 4.39 Å². The molecule has 1 nitrogen and oxygen atoms in total. The second-order valence-electron chi connectivity index (χ2n) is 4.15. The van der Waals surface area contributed by atoms with Crippen molar-refractivity contribution in [1.82, 2.24) is 0 Å². The summed E-state index contributed by atoms with van der Waals surface area (Å²) in [5, 5.41) is 0. The van der Waals surface area contributed by atoms with E-state index >= 15 is 0 Å². The molecule has 0 fully saturated rings. The van der Waals surface area contributed by atoms with Crippen LogP contribution < -0.4 is 0 Å². The first-order valence-electron chi connectivity index (χ1n) is 5.44. The molecule has 17 heavy (non-hydrogen) atoms. The van der Waals surface area contributed by atoms with E-state index in [2.05, 4.69) is 0 Å². The van der Waals surface area contributed by atoms with Crippen molar-refractivity contribution >= 4 is 6.29 Å². The van der Waals surface area contributed by atoms with Gasteiger partial charge in [0.05, 0.1) is 0 Å². The Hall–Kier alpha value is -1.96. The van der Waals surface area contributed by atoms with Gasteiger partial charge in [-0.1, -0.05) is 18.2 Å². The third kappa shape index (κ3) is 2.26. The van der Waals surface area contributed by atoms with Crippen LogP contribution in [0.1, 0.15) is 21.5 Å². The van der Waals surface area contributed by atoms with Gasteiger partial charge in [-0.15, -0.1) is 0 Å². The van der Waals surface area contributed by atoms with Gasteiger partial charge >= 0.3 is 0 Å². The average Bonchev–Trinajstić information content (AvgIpc) is 2.33. The molecule has 0 amide bonds. The minimum atomic E-state index is -0.262. The van der Waals surface area contributed by atoms with Crippen LogP contribution in [0.5, 0.6) is 0 Å². The van der Waals surface area contributed by atoms with Crippen LogP contribution in [0, 0.1) is 19.7 Å². The topological polar surface area (TPSA) is 17.1 Å². The van der Waals surface area contributed by atoms with Gasteiger partial charge in [0.2, 0.25) is 0 Å². The Morgan fingerprint density at radius 2 is 1.53 bits per heavy atom. The monoisotopic (exact) mass is 228 g/mol. The fraction of sp³-hybridized carbons (Fsp3) is 0.133. The first-order chi connectivity index (χ1) is 8.11. The molecule has 2 aromatic carbocycles. The summed E-state index contributed by atoms with van der Waals surface area (Å²) in [5.74, 6) is -0.262. The first-order valence-corrected chi connectivity index (χ1v) is 5.44. The van der Waals surface area contributed by atoms with Crippen molar-refractivity contribution in [2.24, 2.45) is 0 Å². The molecule has 0 radical (unpaired) electrons. The highest BCUT2D eigenvalue weighted by Gasteiger charge is 2.07. The molecular weight excluding hydrogens is 215 g/mol. The van der Waals surface area contributed by atoms with Crippen molar-refractivity contribution in [3.63, 3.8) is 0 Å². The molecule has 0 N–H and O–H groups in total. The molecule has 0 aliphatic rings. The van der Waals surface area contributed by atoms with Gasteiger partial charge in [0.1, 0.15) is 12.1 Å². The second-order valence-corrected chi connectivity index (χ2v) is 4.15. The molecular formula is C15H13FO. The van der Waals surface area contributed by atoms with Gasteiger partial charge in [-0.3, -0.25) is 4.79 Å². The molecule has 0 saturated heterocycles. The van der Waals surface area contributed by atoms with Gasteiger partial charge in [0.15, 0.2) is 0 Å². The quantitative estimate of drug-likeness (QED) is 0.712. The van der Waals surface area contributed by atoms with Crippen molar-refractivity contribution in [2.45, 2.75) is 13.8 Å². The highest BCUT2D eigenvalue weighted by Crippen LogP contribution is 2.28. The van der Waals surface area contributed by atoms with Gasteiger partial charge in [-0.2, -0.15) is 0 Å². The zero-order valence-electron chi connectivity index (χ0n) is 9.83. The largest absolute Gasteiger partial charge is 0.298 e. The van der Waals surface area contributed by atoms with Crippen molar-refractivity contribution in [1.29, 1.82) is 0 Å². The van der Waals surface area contributed by atoms with E-state index in [-0.39, 0.29) is 5.82 Å². The summed E-state index contributed by atoms with van der Waals surface area (Å²) in [6, 6.07) is 10.1. The number of carbonyl (C=O) groups excluding carboxylic acids is 1. The van der Waals surface area contributed by atoms with E-state index in [0.717, 1.165) is 28.5 Å². The summed E-state index contributed by atoms with van der Waals surface area (Å²) in [6.07, 6.45) is 0.803. The minimum Gasteiger partial charge on any atom is -0.298 e. The van der Waals surface area contributed by atoms with E-state index in [1.807, 2.05) is 19.9 Å². The lowest BCUT2D eigenvalue weighted by molar-refractivity contribution is 0.112. The summed E-state index contributed by atoms with van der Waals surface area (Å²) >= 11 is 0. The molecule has 0 unspecified atom stereocenters. The lowest BCUT2D eigenvalue weighted by atomic mass is 9.95. The van der Waals surface area contributed by atoms with Crippen LogP contribution in [-0.2, 0) is 0 Å². The number of benzene rings is 2. The Labute approximate surface area is 99.9 Å². The van der Waals surface area contributed by atoms with Gasteiger partial charge in [-0.05, 0) is 54.3 Å². The molecule has 0 bridgehead atoms. The maximum atomic E-state index is 13.3. The highest BCUT2D eigenvalue weighted by molar-refractivity contribution is 5.81. The molecule has 0 aromatic heterocycles. The number of aldehydes is 1. The van der Waals surface area contributed by atoms with Crippen LogP contribution >= 0.6 is 0 Å². The number of hydrogen-bond acceptors (Lipinski definition) is 1. The fourth-order valence-corrected chi connectivity index (χ4v) is 1.89. The smallest absolute Gasteiger partial charge is 0.150 e. The molecule has 0 aliphatic carbocycles. The van der Waals surface area contributed by atoms with Crippen molar-refractivity contribution in [3.8, 4) is 11.1 Å². The van der Waals surface area contributed by atoms with Crippen LogP contribution in [0.15, 0.2) is 36.4 Å². The molecule has 0 heterocycles. The Morgan fingerprint density at radius 3 is 2.18 bits per heavy atom. The number of hydrogen-bond donors (Lipinski definition) is 0. The maximum absolute atomic E-state index is 13.3. The maximum Gasteiger partial charge on any atom is 0.150 e. The first kappa shape index (κ1) is 11.5. The minimum absolute atomic E-state index is 0.262. The van der Waals surface area contributed by atoms with E-state index in [0.29, 0.717) is 5.56 Å². The van der Waals surface area contributed by atoms with Crippen molar-refractivity contribution in [3.05, 3.63) is 58.9 Å². The van der Waals surface area contributed by atoms with E-state index in [4.69, 9.17) is 0 Å². The van der Waals surface area contributed by atoms with Gasteiger partial charge in [0, 0.05) is 5.56 Å². The van der Waals surface area contributed by atoms with E-state index in [9.17, 15) is 9.18 Å². The van der Waals surface area contributed by atoms with Gasteiger partial charge in [-0.25, -0.2) is 4.39 Å². The zero-order chi connectivity index (χ0) is 12.4. The van der Waals surface area contributed by atoms with Gasteiger partial charge < -0.3 is 0 Å². The van der Waals surface area contributed by atoms with Gasteiger partial charge in [0.25, 0.3) is 0 Å². The molecule has 2 heteroatoms. The molecule has 86 valence electrons. The summed E-state index contributed by atoms with van der Waals surface area (Å²) in [5.41, 5.74) is 4.38. The number of carbonyl (C=O) groups is 1. The normalized spacial score (nSPS) is 10.3. The van der Waals surface area contributed by atoms with Crippen molar-refractivity contribution in [2.75, 3.05) is 0 Å². The lowest BCUT2D eigenvalue weighted by Gasteiger charge is -2.10. The molecule has 0 saturated carbocycles. The summed E-state index contributed by atoms with van der Waals surface area (Å²) in [7, 11) is 0. The predicted octanol–water partition coefficient (Wildman–Crippen LogP) is 3.92. The Morgan fingerprint density at radius 1 is 0.941 bits per heavy atom. The van der Waals surface area contributed by atoms with E-state index < -0.39 is 0 Å². The van der Waals surface area contributed by atoms with Crippen LogP contribution in [0.3, 0.4) is 0 Å². The highest BCUT2D eigenvalue weighted by atomic mass is 19.1. The average molecular weight is 228 g/mol. The van der Waals surface area contributed by atoms with E-state index in [1.54, 1.807) is 18.2 Å². The molecule has 0 atom stereocenters. The van der Waals surface area contributed by atoms with Crippen LogP contribution in [0.2, 0.25) is 0 Å². The fourth-order valence-electron chi connectivity index (χ4n) is 1.89. The molecule has 2 aromatic rings. The van der Waals surface area contributed by atoms with Crippen molar-refractivity contribution < 1.29 is 9.18 Å². The Balaban J connectivity index is 2.66. The standard InChI is InChI=1S/C15H13FO/c1-10-3-5-12(9-17)7-14(10)15-8-13(16)6-4-11(15)2/h3-9H,1-2H3. The summed E-state index contributed by atoms with van der Waals surface area (Å²) in [4.78, 5) is 10.8. The Bertz CT molecular complexity index is 573. The Kier molecular flexibility index (Phi) is 3.05. The number of aryl methyl sites for hydroxylation is 2. The summed E-state index contributed by atoms with van der Waals surface area (Å²) < 4.78 is 13.3. The van der Waals surface area contributed by atoms with E-state index in [1.165, 1.54) is 12.1 Å². The number of halogens is 1. The number of rotatable bonds is 2. The summed E-state index contributed by atoms with van der Waals surface area (Å²) in [6.45, 7) is 3.88. The zero-order valence-corrected chi connectivity index (χ0v) is 9.83. The predicted molar refractivity (Wildman–Crippen MR) is 66.7 cm³/mol. The third-order valence-electron chi connectivity index (χ3n) is 2.89. The van der Waals surface area contributed by atoms with Crippen LogP contribution in [-0.4, -0.2) is 6.29 Å². The lowest BCUT2D eigenvalue weighted by Crippen LogP contribution is -1.91. The molecule has 0 spiro atoms. The SMILES string of the molecule is Cc1ccc(F)cc1-c1cc(C=O)ccc1C.